The molecule has 0 aliphatic heterocycles. The molecule has 13 heavy (non-hydrogen) atoms. The van der Waals surface area contributed by atoms with Crippen LogP contribution in [0.25, 0.3) is 11.0 Å². The Kier molecular flexibility index (Phi) is 1.83. The van der Waals surface area contributed by atoms with Gasteiger partial charge in [0, 0.05) is 0 Å². The van der Waals surface area contributed by atoms with Gasteiger partial charge in [-0.2, -0.15) is 0 Å². The Bertz CT molecular complexity index is 427. The zero-order chi connectivity index (χ0) is 9.42. The molecule has 0 fully saturated rings. The summed E-state index contributed by atoms with van der Waals surface area (Å²) in [5.74, 6) is 0.534. The lowest BCUT2D eigenvalue weighted by molar-refractivity contribution is 0.864. The third kappa shape index (κ3) is 1.22. The Morgan fingerprint density at radius 2 is 2.08 bits per heavy atom. The Hall–Kier alpha value is -1.31. The van der Waals surface area contributed by atoms with Crippen LogP contribution in [0.3, 0.4) is 0 Å². The van der Waals surface area contributed by atoms with Crippen LogP contribution in [0.1, 0.15) is 30.9 Å². The van der Waals surface area contributed by atoms with Crippen molar-refractivity contribution in [3.05, 3.63) is 29.6 Å². The molecule has 2 nitrogen and oxygen atoms in total. The molecule has 1 N–H and O–H groups in total. The number of H-pyrrole nitrogens is 1. The number of aryl methyl sites for hydroxylation is 1. The number of benzene rings is 1. The summed E-state index contributed by atoms with van der Waals surface area (Å²) in [5.41, 5.74) is 4.94. The SMILES string of the molecule is Cc1ccc2[nH]cnc2c1C(C)C. The highest BCUT2D eigenvalue weighted by atomic mass is 14.9. The van der Waals surface area contributed by atoms with Gasteiger partial charge in [-0.1, -0.05) is 19.9 Å². The van der Waals surface area contributed by atoms with E-state index < -0.39 is 0 Å². The Morgan fingerprint density at radius 1 is 1.31 bits per heavy atom. The fourth-order valence-electron chi connectivity index (χ4n) is 1.86. The Morgan fingerprint density at radius 3 is 2.77 bits per heavy atom. The Labute approximate surface area is 78.0 Å². The van der Waals surface area contributed by atoms with Crippen LogP contribution < -0.4 is 0 Å². The summed E-state index contributed by atoms with van der Waals surface area (Å²) in [4.78, 5) is 7.48. The van der Waals surface area contributed by atoms with Crippen LogP contribution in [0.4, 0.5) is 0 Å². The van der Waals surface area contributed by atoms with Crippen molar-refractivity contribution >= 4 is 11.0 Å². The maximum atomic E-state index is 4.35. The molecule has 2 heteroatoms. The number of hydrogen-bond donors (Lipinski definition) is 1. The van der Waals surface area contributed by atoms with Crippen molar-refractivity contribution in [3.8, 4) is 0 Å². The zero-order valence-electron chi connectivity index (χ0n) is 8.26. The number of hydrogen-bond acceptors (Lipinski definition) is 1. The molecule has 0 unspecified atom stereocenters. The van der Waals surface area contributed by atoms with E-state index in [1.54, 1.807) is 6.33 Å². The minimum atomic E-state index is 0.534. The summed E-state index contributed by atoms with van der Waals surface area (Å²) in [7, 11) is 0. The molecule has 1 heterocycles. The lowest BCUT2D eigenvalue weighted by Gasteiger charge is -2.09. The van der Waals surface area contributed by atoms with Gasteiger partial charge in [-0.15, -0.1) is 0 Å². The summed E-state index contributed by atoms with van der Waals surface area (Å²) < 4.78 is 0. The van der Waals surface area contributed by atoms with Crippen molar-refractivity contribution in [3.63, 3.8) is 0 Å². The van der Waals surface area contributed by atoms with Gasteiger partial charge in [0.25, 0.3) is 0 Å². The van der Waals surface area contributed by atoms with Crippen LogP contribution in [-0.4, -0.2) is 9.97 Å². The lowest BCUT2D eigenvalue weighted by atomic mass is 9.96. The van der Waals surface area contributed by atoms with Gasteiger partial charge in [0.15, 0.2) is 0 Å². The first-order valence-corrected chi connectivity index (χ1v) is 4.62. The monoisotopic (exact) mass is 174 g/mol. The Balaban J connectivity index is 2.80. The van der Waals surface area contributed by atoms with Gasteiger partial charge in [-0.25, -0.2) is 4.98 Å². The fraction of sp³-hybridized carbons (Fsp3) is 0.364. The minimum absolute atomic E-state index is 0.534. The standard InChI is InChI=1S/C11H14N2/c1-7(2)10-8(3)4-5-9-11(10)13-6-12-9/h4-7H,1-3H3,(H,12,13). The quantitative estimate of drug-likeness (QED) is 0.707. The van der Waals surface area contributed by atoms with Crippen LogP contribution in [-0.2, 0) is 0 Å². The van der Waals surface area contributed by atoms with Gasteiger partial charge in [-0.3, -0.25) is 0 Å². The van der Waals surface area contributed by atoms with Gasteiger partial charge < -0.3 is 4.98 Å². The zero-order valence-corrected chi connectivity index (χ0v) is 8.26. The van der Waals surface area contributed by atoms with Crippen molar-refractivity contribution in [1.82, 2.24) is 9.97 Å². The number of rotatable bonds is 1. The molecule has 0 bridgehead atoms. The van der Waals surface area contributed by atoms with Gasteiger partial charge in [0.05, 0.1) is 17.4 Å². The smallest absolute Gasteiger partial charge is 0.0931 e. The fourth-order valence-corrected chi connectivity index (χ4v) is 1.86. The van der Waals surface area contributed by atoms with E-state index in [9.17, 15) is 0 Å². The van der Waals surface area contributed by atoms with Crippen molar-refractivity contribution in [2.45, 2.75) is 26.7 Å². The average molecular weight is 174 g/mol. The van der Waals surface area contributed by atoms with Crippen LogP contribution in [0.5, 0.6) is 0 Å². The predicted molar refractivity (Wildman–Crippen MR) is 54.9 cm³/mol. The van der Waals surface area contributed by atoms with Crippen molar-refractivity contribution in [2.75, 3.05) is 0 Å². The number of aromatic nitrogens is 2. The molecule has 0 amide bonds. The molecule has 0 atom stereocenters. The van der Waals surface area contributed by atoms with E-state index in [0.717, 1.165) is 11.0 Å². The van der Waals surface area contributed by atoms with Gasteiger partial charge >= 0.3 is 0 Å². The van der Waals surface area contributed by atoms with Crippen LogP contribution >= 0.6 is 0 Å². The van der Waals surface area contributed by atoms with Crippen molar-refractivity contribution < 1.29 is 0 Å². The molecule has 2 rings (SSSR count). The molecule has 2 aromatic rings. The van der Waals surface area contributed by atoms with Crippen LogP contribution in [0.15, 0.2) is 18.5 Å². The highest BCUT2D eigenvalue weighted by Crippen LogP contribution is 2.25. The first kappa shape index (κ1) is 8.30. The van der Waals surface area contributed by atoms with E-state index in [4.69, 9.17) is 0 Å². The average Bonchev–Trinajstić information content (AvgIpc) is 2.50. The number of nitrogens with zero attached hydrogens (tertiary/aromatic N) is 1. The molecular formula is C11H14N2. The molecule has 1 aromatic heterocycles. The summed E-state index contributed by atoms with van der Waals surface area (Å²) in [6.07, 6.45) is 1.76. The number of aromatic amines is 1. The van der Waals surface area contributed by atoms with Crippen molar-refractivity contribution in [2.24, 2.45) is 0 Å². The first-order chi connectivity index (χ1) is 6.20. The van der Waals surface area contributed by atoms with Gasteiger partial charge in [0.1, 0.15) is 0 Å². The number of nitrogens with one attached hydrogen (secondary N) is 1. The molecule has 0 radical (unpaired) electrons. The molecule has 0 spiro atoms. The second-order valence-corrected chi connectivity index (χ2v) is 3.75. The molecule has 0 saturated carbocycles. The molecule has 0 aliphatic carbocycles. The third-order valence-electron chi connectivity index (χ3n) is 2.43. The van der Waals surface area contributed by atoms with E-state index >= 15 is 0 Å². The van der Waals surface area contributed by atoms with Crippen molar-refractivity contribution in [1.29, 1.82) is 0 Å². The summed E-state index contributed by atoms with van der Waals surface area (Å²) in [5, 5.41) is 0. The molecular weight excluding hydrogens is 160 g/mol. The minimum Gasteiger partial charge on any atom is -0.345 e. The maximum Gasteiger partial charge on any atom is 0.0931 e. The highest BCUT2D eigenvalue weighted by molar-refractivity contribution is 5.80. The van der Waals surface area contributed by atoms with Gasteiger partial charge in [-0.05, 0) is 30.0 Å². The second kappa shape index (κ2) is 2.87. The highest BCUT2D eigenvalue weighted by Gasteiger charge is 2.09. The molecule has 0 aliphatic rings. The van der Waals surface area contributed by atoms with Crippen LogP contribution in [0, 0.1) is 6.92 Å². The maximum absolute atomic E-state index is 4.35. The molecule has 68 valence electrons. The molecule has 1 aromatic carbocycles. The first-order valence-electron chi connectivity index (χ1n) is 4.62. The lowest BCUT2D eigenvalue weighted by Crippen LogP contribution is -1.93. The normalized spacial score (nSPS) is 11.4. The summed E-state index contributed by atoms with van der Waals surface area (Å²) in [6.45, 7) is 6.55. The van der Waals surface area contributed by atoms with E-state index in [1.165, 1.54) is 11.1 Å². The van der Waals surface area contributed by atoms with Crippen LogP contribution in [0.2, 0.25) is 0 Å². The third-order valence-corrected chi connectivity index (χ3v) is 2.43. The van der Waals surface area contributed by atoms with E-state index in [2.05, 4.69) is 42.9 Å². The number of imidazole rings is 1. The predicted octanol–water partition coefficient (Wildman–Crippen LogP) is 2.99. The van der Waals surface area contributed by atoms with E-state index in [0.29, 0.717) is 5.92 Å². The topological polar surface area (TPSA) is 28.7 Å². The second-order valence-electron chi connectivity index (χ2n) is 3.75. The van der Waals surface area contributed by atoms with E-state index in [1.807, 2.05) is 0 Å². The summed E-state index contributed by atoms with van der Waals surface area (Å²) in [6, 6.07) is 4.24. The molecule has 0 saturated heterocycles. The number of fused-ring (bicyclic) bond motifs is 1. The van der Waals surface area contributed by atoms with E-state index in [-0.39, 0.29) is 0 Å². The van der Waals surface area contributed by atoms with Gasteiger partial charge in [0.2, 0.25) is 0 Å². The summed E-state index contributed by atoms with van der Waals surface area (Å²) >= 11 is 0. The largest absolute Gasteiger partial charge is 0.345 e.